The van der Waals surface area contributed by atoms with Gasteiger partial charge in [-0.1, -0.05) is 12.1 Å². The van der Waals surface area contributed by atoms with Crippen molar-refractivity contribution >= 4 is 5.69 Å². The van der Waals surface area contributed by atoms with Crippen LogP contribution in [-0.4, -0.2) is 29.2 Å². The fourth-order valence-electron chi connectivity index (χ4n) is 1.91. The average molecular weight is 192 g/mol. The monoisotopic (exact) mass is 192 g/mol. The molecule has 1 fully saturated rings. The van der Waals surface area contributed by atoms with Crippen LogP contribution in [0.1, 0.15) is 12.0 Å². The predicted molar refractivity (Wildman–Crippen MR) is 56.8 cm³/mol. The predicted octanol–water partition coefficient (Wildman–Crippen LogP) is 0.835. The molecule has 0 radical (unpaired) electrons. The quantitative estimate of drug-likeness (QED) is 0.682. The third kappa shape index (κ3) is 2.25. The molecule has 3 nitrogen and oxygen atoms in total. The summed E-state index contributed by atoms with van der Waals surface area (Å²) in [4.78, 5) is 2.25. The van der Waals surface area contributed by atoms with Gasteiger partial charge in [0.2, 0.25) is 0 Å². The van der Waals surface area contributed by atoms with E-state index in [4.69, 9.17) is 5.73 Å². The second kappa shape index (κ2) is 3.98. The highest BCUT2D eigenvalue weighted by Crippen LogP contribution is 2.14. The van der Waals surface area contributed by atoms with Crippen molar-refractivity contribution in [1.82, 2.24) is 4.90 Å². The number of benzene rings is 1. The van der Waals surface area contributed by atoms with Crippen LogP contribution in [-0.2, 0) is 6.54 Å². The second-order valence-electron chi connectivity index (χ2n) is 3.92. The van der Waals surface area contributed by atoms with E-state index in [0.717, 1.165) is 31.7 Å². The molecule has 0 amide bonds. The lowest BCUT2D eigenvalue weighted by Gasteiger charge is -2.14. The number of hydrogen-bond donors (Lipinski definition) is 2. The van der Waals surface area contributed by atoms with Crippen LogP contribution in [0.2, 0.25) is 0 Å². The molecule has 1 aromatic rings. The molecule has 0 saturated carbocycles. The van der Waals surface area contributed by atoms with Crippen LogP contribution in [0.25, 0.3) is 0 Å². The molecule has 14 heavy (non-hydrogen) atoms. The van der Waals surface area contributed by atoms with Crippen molar-refractivity contribution in [3.05, 3.63) is 29.8 Å². The maximum Gasteiger partial charge on any atom is 0.0679 e. The van der Waals surface area contributed by atoms with E-state index in [1.165, 1.54) is 5.56 Å². The summed E-state index contributed by atoms with van der Waals surface area (Å²) in [5.74, 6) is 0. The molecule has 1 aliphatic heterocycles. The van der Waals surface area contributed by atoms with Crippen LogP contribution < -0.4 is 5.73 Å². The third-order valence-electron chi connectivity index (χ3n) is 2.60. The zero-order valence-electron chi connectivity index (χ0n) is 8.19. The molecule has 2 rings (SSSR count). The highest BCUT2D eigenvalue weighted by atomic mass is 16.3. The normalized spacial score (nSPS) is 22.8. The van der Waals surface area contributed by atoms with E-state index in [0.29, 0.717) is 0 Å². The topological polar surface area (TPSA) is 49.5 Å². The van der Waals surface area contributed by atoms with E-state index in [1.807, 2.05) is 18.2 Å². The summed E-state index contributed by atoms with van der Waals surface area (Å²) < 4.78 is 0. The van der Waals surface area contributed by atoms with Crippen LogP contribution in [0.4, 0.5) is 5.69 Å². The Hall–Kier alpha value is -1.06. The van der Waals surface area contributed by atoms with Gasteiger partial charge in [-0.15, -0.1) is 0 Å². The van der Waals surface area contributed by atoms with Gasteiger partial charge in [0.25, 0.3) is 0 Å². The highest BCUT2D eigenvalue weighted by Gasteiger charge is 2.19. The molecule has 1 saturated heterocycles. The SMILES string of the molecule is Nc1cccc(CN2CCC(O)C2)c1. The van der Waals surface area contributed by atoms with Gasteiger partial charge < -0.3 is 10.8 Å². The molecule has 0 bridgehead atoms. The Morgan fingerprint density at radius 2 is 2.36 bits per heavy atom. The van der Waals surface area contributed by atoms with Gasteiger partial charge in [-0.2, -0.15) is 0 Å². The van der Waals surface area contributed by atoms with E-state index >= 15 is 0 Å². The molecule has 76 valence electrons. The first-order valence-electron chi connectivity index (χ1n) is 4.99. The molecular weight excluding hydrogens is 176 g/mol. The van der Waals surface area contributed by atoms with Gasteiger partial charge in [-0.25, -0.2) is 0 Å². The van der Waals surface area contributed by atoms with Gasteiger partial charge >= 0.3 is 0 Å². The standard InChI is InChI=1S/C11H16N2O/c12-10-3-1-2-9(6-10)7-13-5-4-11(14)8-13/h1-3,6,11,14H,4-5,7-8,12H2. The van der Waals surface area contributed by atoms with E-state index in [9.17, 15) is 5.11 Å². The Morgan fingerprint density at radius 3 is 3.00 bits per heavy atom. The third-order valence-corrected chi connectivity index (χ3v) is 2.60. The maximum absolute atomic E-state index is 9.37. The number of nitrogens with two attached hydrogens (primary N) is 1. The molecule has 0 aliphatic carbocycles. The van der Waals surface area contributed by atoms with Crippen molar-refractivity contribution in [2.24, 2.45) is 0 Å². The van der Waals surface area contributed by atoms with Crippen molar-refractivity contribution in [1.29, 1.82) is 0 Å². The van der Waals surface area contributed by atoms with Crippen LogP contribution >= 0.6 is 0 Å². The molecule has 3 heteroatoms. The highest BCUT2D eigenvalue weighted by molar-refractivity contribution is 5.40. The number of β-amino-alcohol motifs (C(OH)–C–C–N with tert-alkyl or cyclic N) is 1. The molecule has 1 heterocycles. The molecule has 0 aromatic heterocycles. The maximum atomic E-state index is 9.37. The van der Waals surface area contributed by atoms with Gasteiger partial charge in [0.1, 0.15) is 0 Å². The molecule has 3 N–H and O–H groups in total. The van der Waals surface area contributed by atoms with Gasteiger partial charge in [0.05, 0.1) is 6.10 Å². The van der Waals surface area contributed by atoms with E-state index < -0.39 is 0 Å². The number of rotatable bonds is 2. The Balaban J connectivity index is 1.97. The Kier molecular flexibility index (Phi) is 2.70. The Bertz CT molecular complexity index is 314. The molecule has 0 spiro atoms. The van der Waals surface area contributed by atoms with Gasteiger partial charge in [0, 0.05) is 25.3 Å². The molecule has 1 aromatic carbocycles. The first kappa shape index (κ1) is 9.49. The number of nitrogen functional groups attached to an aromatic ring is 1. The Labute approximate surface area is 84.1 Å². The van der Waals surface area contributed by atoms with Crippen molar-refractivity contribution in [2.75, 3.05) is 18.8 Å². The lowest BCUT2D eigenvalue weighted by molar-refractivity contribution is 0.175. The number of nitrogens with zero attached hydrogens (tertiary/aromatic N) is 1. The first-order valence-corrected chi connectivity index (χ1v) is 4.99. The second-order valence-corrected chi connectivity index (χ2v) is 3.92. The number of anilines is 1. The minimum Gasteiger partial charge on any atom is -0.399 e. The smallest absolute Gasteiger partial charge is 0.0679 e. The Morgan fingerprint density at radius 1 is 1.50 bits per heavy atom. The lowest BCUT2D eigenvalue weighted by Crippen LogP contribution is -2.21. The lowest BCUT2D eigenvalue weighted by atomic mass is 10.2. The summed E-state index contributed by atoms with van der Waals surface area (Å²) in [6, 6.07) is 7.92. The average Bonchev–Trinajstić information content (AvgIpc) is 2.51. The fraction of sp³-hybridized carbons (Fsp3) is 0.455. The van der Waals surface area contributed by atoms with Gasteiger partial charge in [-0.3, -0.25) is 4.90 Å². The van der Waals surface area contributed by atoms with Crippen molar-refractivity contribution in [3.63, 3.8) is 0 Å². The molecular formula is C11H16N2O. The van der Waals surface area contributed by atoms with Crippen molar-refractivity contribution < 1.29 is 5.11 Å². The zero-order chi connectivity index (χ0) is 9.97. The van der Waals surface area contributed by atoms with E-state index in [2.05, 4.69) is 11.0 Å². The van der Waals surface area contributed by atoms with Gasteiger partial charge in [0.15, 0.2) is 0 Å². The molecule has 1 atom stereocenters. The molecule has 1 unspecified atom stereocenters. The summed E-state index contributed by atoms with van der Waals surface area (Å²) >= 11 is 0. The van der Waals surface area contributed by atoms with Crippen LogP contribution in [0.3, 0.4) is 0 Å². The summed E-state index contributed by atoms with van der Waals surface area (Å²) in [5, 5.41) is 9.37. The van der Waals surface area contributed by atoms with Crippen molar-refractivity contribution in [3.8, 4) is 0 Å². The van der Waals surface area contributed by atoms with E-state index in [1.54, 1.807) is 0 Å². The fourth-order valence-corrected chi connectivity index (χ4v) is 1.91. The molecule has 1 aliphatic rings. The number of likely N-dealkylation sites (tertiary alicyclic amines) is 1. The summed E-state index contributed by atoms with van der Waals surface area (Å²) in [5.41, 5.74) is 7.72. The summed E-state index contributed by atoms with van der Waals surface area (Å²) in [6.07, 6.45) is 0.749. The minimum absolute atomic E-state index is 0.143. The zero-order valence-corrected chi connectivity index (χ0v) is 8.19. The number of hydrogen-bond acceptors (Lipinski definition) is 3. The first-order chi connectivity index (χ1) is 6.74. The summed E-state index contributed by atoms with van der Waals surface area (Å²) in [7, 11) is 0. The number of aliphatic hydroxyl groups is 1. The van der Waals surface area contributed by atoms with Crippen LogP contribution in [0, 0.1) is 0 Å². The van der Waals surface area contributed by atoms with Gasteiger partial charge in [-0.05, 0) is 24.1 Å². The summed E-state index contributed by atoms with van der Waals surface area (Å²) in [6.45, 7) is 2.66. The number of aliphatic hydroxyl groups excluding tert-OH is 1. The largest absolute Gasteiger partial charge is 0.399 e. The van der Waals surface area contributed by atoms with E-state index in [-0.39, 0.29) is 6.10 Å². The van der Waals surface area contributed by atoms with Crippen LogP contribution in [0.15, 0.2) is 24.3 Å². The van der Waals surface area contributed by atoms with Crippen molar-refractivity contribution in [2.45, 2.75) is 19.1 Å². The van der Waals surface area contributed by atoms with Crippen LogP contribution in [0.5, 0.6) is 0 Å². The minimum atomic E-state index is -0.143.